The van der Waals surface area contributed by atoms with E-state index in [1.807, 2.05) is 0 Å². The van der Waals surface area contributed by atoms with E-state index < -0.39 is 18.0 Å². The number of aromatic hydroxyl groups is 1. The molecular weight excluding hydrogens is 258 g/mol. The minimum atomic E-state index is -0.934. The van der Waals surface area contributed by atoms with Gasteiger partial charge < -0.3 is 15.2 Å². The molecular formula is C12H14ClNO4. The van der Waals surface area contributed by atoms with E-state index in [4.69, 9.17) is 16.3 Å². The molecule has 18 heavy (non-hydrogen) atoms. The Bertz CT molecular complexity index is 461. The van der Waals surface area contributed by atoms with Gasteiger partial charge in [0.1, 0.15) is 11.3 Å². The second kappa shape index (κ2) is 6.26. The molecule has 0 bridgehead atoms. The van der Waals surface area contributed by atoms with Gasteiger partial charge in [0, 0.05) is 11.6 Å². The van der Waals surface area contributed by atoms with Crippen LogP contribution in [0.1, 0.15) is 24.2 Å². The predicted octanol–water partition coefficient (Wildman–Crippen LogP) is 1.73. The molecule has 98 valence electrons. The summed E-state index contributed by atoms with van der Waals surface area (Å²) in [6, 6.07) is 4.01. The minimum absolute atomic E-state index is 0.0707. The number of rotatable bonds is 4. The summed E-state index contributed by atoms with van der Waals surface area (Å²) in [6.45, 7) is 3.66. The summed E-state index contributed by atoms with van der Waals surface area (Å²) in [5, 5.41) is 12.3. The molecule has 0 radical (unpaired) electrons. The molecule has 0 unspecified atom stereocenters. The number of phenolic OH excluding ortho intramolecular Hbond substituents is 1. The zero-order valence-electron chi connectivity index (χ0n) is 10.1. The molecule has 1 aromatic carbocycles. The van der Waals surface area contributed by atoms with Gasteiger partial charge in [-0.1, -0.05) is 11.6 Å². The van der Waals surface area contributed by atoms with Gasteiger partial charge in [-0.15, -0.1) is 0 Å². The van der Waals surface area contributed by atoms with Crippen LogP contribution in [0.15, 0.2) is 18.2 Å². The van der Waals surface area contributed by atoms with Crippen molar-refractivity contribution < 1.29 is 19.4 Å². The monoisotopic (exact) mass is 271 g/mol. The summed E-state index contributed by atoms with van der Waals surface area (Å²) < 4.78 is 4.92. The Morgan fingerprint density at radius 2 is 2.17 bits per heavy atom. The highest BCUT2D eigenvalue weighted by Gasteiger charge is 2.20. The average molecular weight is 272 g/mol. The largest absolute Gasteiger partial charge is 0.507 e. The smallest absolute Gasteiger partial charge is 0.342 e. The van der Waals surface area contributed by atoms with Crippen LogP contribution >= 0.6 is 11.6 Å². The Morgan fingerprint density at radius 1 is 1.50 bits per heavy atom. The number of carbonyl (C=O) groups excluding carboxylic acids is 2. The average Bonchev–Trinajstić information content (AvgIpc) is 2.32. The molecule has 1 atom stereocenters. The summed E-state index contributed by atoms with van der Waals surface area (Å²) in [4.78, 5) is 23.1. The topological polar surface area (TPSA) is 75.6 Å². The van der Waals surface area contributed by atoms with Crippen LogP contribution in [0, 0.1) is 0 Å². The quantitative estimate of drug-likeness (QED) is 0.818. The van der Waals surface area contributed by atoms with E-state index in [1.165, 1.54) is 25.1 Å². The van der Waals surface area contributed by atoms with Gasteiger partial charge in [-0.2, -0.15) is 0 Å². The molecule has 0 aliphatic heterocycles. The van der Waals surface area contributed by atoms with Crippen LogP contribution in [-0.4, -0.2) is 29.6 Å². The van der Waals surface area contributed by atoms with Gasteiger partial charge in [0.05, 0.1) is 0 Å². The lowest BCUT2D eigenvalue weighted by Crippen LogP contribution is -2.35. The van der Waals surface area contributed by atoms with Crippen molar-refractivity contribution in [2.75, 3.05) is 6.54 Å². The van der Waals surface area contributed by atoms with Gasteiger partial charge in [0.2, 0.25) is 0 Å². The number of carbonyl (C=O) groups is 2. The van der Waals surface area contributed by atoms with E-state index >= 15 is 0 Å². The maximum atomic E-state index is 11.7. The SMILES string of the molecule is CCNC(=O)[C@@H](C)OC(=O)c1cc(Cl)ccc1O. The molecule has 5 nitrogen and oxygen atoms in total. The van der Waals surface area contributed by atoms with Gasteiger partial charge >= 0.3 is 5.97 Å². The summed E-state index contributed by atoms with van der Waals surface area (Å²) in [5.41, 5.74) is -0.0707. The number of benzene rings is 1. The Hall–Kier alpha value is -1.75. The third kappa shape index (κ3) is 3.63. The number of ether oxygens (including phenoxy) is 1. The molecule has 0 saturated heterocycles. The van der Waals surface area contributed by atoms with Crippen molar-refractivity contribution in [2.45, 2.75) is 20.0 Å². The third-order valence-corrected chi connectivity index (χ3v) is 2.42. The van der Waals surface area contributed by atoms with Crippen molar-refractivity contribution >= 4 is 23.5 Å². The normalized spacial score (nSPS) is 11.7. The zero-order valence-corrected chi connectivity index (χ0v) is 10.8. The third-order valence-electron chi connectivity index (χ3n) is 2.18. The second-order valence-electron chi connectivity index (χ2n) is 3.60. The van der Waals surface area contributed by atoms with Gasteiger partial charge in [-0.25, -0.2) is 4.79 Å². The fourth-order valence-electron chi connectivity index (χ4n) is 1.27. The highest BCUT2D eigenvalue weighted by Crippen LogP contribution is 2.22. The Kier molecular flexibility index (Phi) is 4.97. The van der Waals surface area contributed by atoms with Crippen molar-refractivity contribution in [3.63, 3.8) is 0 Å². The predicted molar refractivity (Wildman–Crippen MR) is 66.7 cm³/mol. The number of likely N-dealkylation sites (N-methyl/N-ethyl adjacent to an activating group) is 1. The van der Waals surface area contributed by atoms with Crippen molar-refractivity contribution in [1.29, 1.82) is 0 Å². The van der Waals surface area contributed by atoms with E-state index in [9.17, 15) is 14.7 Å². The van der Waals surface area contributed by atoms with Crippen LogP contribution in [-0.2, 0) is 9.53 Å². The highest BCUT2D eigenvalue weighted by atomic mass is 35.5. The fourth-order valence-corrected chi connectivity index (χ4v) is 1.44. The summed E-state index contributed by atoms with van der Waals surface area (Å²) in [6.07, 6.45) is -0.934. The summed E-state index contributed by atoms with van der Waals surface area (Å²) in [5.74, 6) is -1.44. The molecule has 0 aliphatic rings. The number of phenols is 1. The number of hydrogen-bond donors (Lipinski definition) is 2. The van der Waals surface area contributed by atoms with Crippen LogP contribution in [0.4, 0.5) is 0 Å². The van der Waals surface area contributed by atoms with Gasteiger partial charge in [0.15, 0.2) is 6.10 Å². The van der Waals surface area contributed by atoms with Gasteiger partial charge in [-0.05, 0) is 32.0 Å². The highest BCUT2D eigenvalue weighted by molar-refractivity contribution is 6.31. The number of esters is 1. The van der Waals surface area contributed by atoms with Crippen LogP contribution in [0.2, 0.25) is 5.02 Å². The van der Waals surface area contributed by atoms with E-state index in [0.717, 1.165) is 0 Å². The lowest BCUT2D eigenvalue weighted by molar-refractivity contribution is -0.128. The molecule has 0 aromatic heterocycles. The first-order chi connectivity index (χ1) is 8.45. The zero-order chi connectivity index (χ0) is 13.7. The van der Waals surface area contributed by atoms with Crippen molar-refractivity contribution in [3.8, 4) is 5.75 Å². The number of halogens is 1. The van der Waals surface area contributed by atoms with E-state index in [0.29, 0.717) is 11.6 Å². The summed E-state index contributed by atoms with van der Waals surface area (Å²) >= 11 is 5.71. The molecule has 0 heterocycles. The number of hydrogen-bond acceptors (Lipinski definition) is 4. The molecule has 6 heteroatoms. The molecule has 0 saturated carbocycles. The molecule has 0 aliphatic carbocycles. The first-order valence-electron chi connectivity index (χ1n) is 5.43. The number of nitrogens with one attached hydrogen (secondary N) is 1. The van der Waals surface area contributed by atoms with Gasteiger partial charge in [0.25, 0.3) is 5.91 Å². The Labute approximate surface area is 110 Å². The van der Waals surface area contributed by atoms with Crippen LogP contribution in [0.5, 0.6) is 5.75 Å². The fraction of sp³-hybridized carbons (Fsp3) is 0.333. The van der Waals surface area contributed by atoms with E-state index in [1.54, 1.807) is 6.92 Å². The summed E-state index contributed by atoms with van der Waals surface area (Å²) in [7, 11) is 0. The lowest BCUT2D eigenvalue weighted by atomic mass is 10.2. The number of amides is 1. The van der Waals surface area contributed by atoms with Gasteiger partial charge in [-0.3, -0.25) is 4.79 Å². The maximum Gasteiger partial charge on any atom is 0.342 e. The second-order valence-corrected chi connectivity index (χ2v) is 4.04. The van der Waals surface area contributed by atoms with Crippen molar-refractivity contribution in [2.24, 2.45) is 0 Å². The van der Waals surface area contributed by atoms with E-state index in [2.05, 4.69) is 5.32 Å². The molecule has 0 spiro atoms. The van der Waals surface area contributed by atoms with Crippen LogP contribution in [0.3, 0.4) is 0 Å². The lowest BCUT2D eigenvalue weighted by Gasteiger charge is -2.13. The van der Waals surface area contributed by atoms with Crippen molar-refractivity contribution in [3.05, 3.63) is 28.8 Å². The molecule has 1 aromatic rings. The van der Waals surface area contributed by atoms with Crippen LogP contribution in [0.25, 0.3) is 0 Å². The Morgan fingerprint density at radius 3 is 2.78 bits per heavy atom. The molecule has 0 fully saturated rings. The maximum absolute atomic E-state index is 11.7. The first-order valence-corrected chi connectivity index (χ1v) is 5.80. The Balaban J connectivity index is 2.76. The standard InChI is InChI=1S/C12H14ClNO4/c1-3-14-11(16)7(2)18-12(17)9-6-8(13)4-5-10(9)15/h4-7,15H,3H2,1-2H3,(H,14,16)/t7-/m1/s1. The molecule has 2 N–H and O–H groups in total. The van der Waals surface area contributed by atoms with E-state index in [-0.39, 0.29) is 11.3 Å². The minimum Gasteiger partial charge on any atom is -0.507 e. The first kappa shape index (κ1) is 14.3. The van der Waals surface area contributed by atoms with Crippen LogP contribution < -0.4 is 5.32 Å². The molecule has 1 rings (SSSR count). The van der Waals surface area contributed by atoms with Crippen molar-refractivity contribution in [1.82, 2.24) is 5.32 Å². The molecule has 1 amide bonds.